The fourth-order valence-corrected chi connectivity index (χ4v) is 2.31. The molecule has 0 aliphatic carbocycles. The SMILES string of the molecule is O=C(O)c1cc(O)cc(NCc2cnc(Cl)s2)c1. The lowest BCUT2D eigenvalue weighted by atomic mass is 10.2. The summed E-state index contributed by atoms with van der Waals surface area (Å²) in [6.07, 6.45) is 1.64. The monoisotopic (exact) mass is 284 g/mol. The number of carboxylic acids is 1. The molecule has 2 aromatic rings. The molecule has 0 bridgehead atoms. The molecule has 0 aliphatic heterocycles. The average Bonchev–Trinajstić information content (AvgIpc) is 2.72. The highest BCUT2D eigenvalue weighted by molar-refractivity contribution is 7.15. The Morgan fingerprint density at radius 3 is 2.83 bits per heavy atom. The van der Waals surface area contributed by atoms with Crippen LogP contribution in [0.25, 0.3) is 0 Å². The van der Waals surface area contributed by atoms with Crippen LogP contribution in [0.5, 0.6) is 5.75 Å². The van der Waals surface area contributed by atoms with E-state index in [2.05, 4.69) is 10.3 Å². The third-order valence-corrected chi connectivity index (χ3v) is 3.27. The van der Waals surface area contributed by atoms with Gasteiger partial charge in [-0.05, 0) is 12.1 Å². The first kappa shape index (κ1) is 12.7. The Balaban J connectivity index is 2.11. The van der Waals surface area contributed by atoms with Crippen molar-refractivity contribution in [1.82, 2.24) is 4.98 Å². The van der Waals surface area contributed by atoms with Gasteiger partial charge in [-0.1, -0.05) is 11.6 Å². The van der Waals surface area contributed by atoms with Gasteiger partial charge in [0.15, 0.2) is 4.47 Å². The molecule has 1 aromatic carbocycles. The molecule has 0 atom stereocenters. The molecule has 0 fully saturated rings. The molecule has 18 heavy (non-hydrogen) atoms. The Morgan fingerprint density at radius 1 is 1.44 bits per heavy atom. The fraction of sp³-hybridized carbons (Fsp3) is 0.0909. The van der Waals surface area contributed by atoms with Gasteiger partial charge in [0.05, 0.1) is 12.1 Å². The number of nitrogens with one attached hydrogen (secondary N) is 1. The van der Waals surface area contributed by atoms with Gasteiger partial charge in [-0.2, -0.15) is 0 Å². The van der Waals surface area contributed by atoms with Crippen LogP contribution in [0.15, 0.2) is 24.4 Å². The third-order valence-electron chi connectivity index (χ3n) is 2.16. The summed E-state index contributed by atoms with van der Waals surface area (Å²) in [5, 5.41) is 21.3. The van der Waals surface area contributed by atoms with Crippen LogP contribution >= 0.6 is 22.9 Å². The molecule has 0 saturated carbocycles. The highest BCUT2D eigenvalue weighted by Crippen LogP contribution is 2.22. The van der Waals surface area contributed by atoms with E-state index < -0.39 is 5.97 Å². The maximum absolute atomic E-state index is 10.8. The number of phenols is 1. The van der Waals surface area contributed by atoms with E-state index in [1.165, 1.54) is 29.5 Å². The average molecular weight is 285 g/mol. The number of carboxylic acid groups (broad SMARTS) is 1. The molecule has 7 heteroatoms. The summed E-state index contributed by atoms with van der Waals surface area (Å²) in [5.41, 5.74) is 0.553. The standard InChI is InChI=1S/C11H9ClN2O3S/c12-11-14-5-9(18-11)4-13-7-1-6(10(16)17)2-8(15)3-7/h1-3,5,13,15H,4H2,(H,16,17). The molecular weight excluding hydrogens is 276 g/mol. The second-order valence-corrected chi connectivity index (χ2v) is 5.20. The molecule has 1 heterocycles. The van der Waals surface area contributed by atoms with Crippen molar-refractivity contribution in [3.63, 3.8) is 0 Å². The number of halogens is 1. The number of anilines is 1. The van der Waals surface area contributed by atoms with Crippen molar-refractivity contribution >= 4 is 34.6 Å². The van der Waals surface area contributed by atoms with Gasteiger partial charge in [0.1, 0.15) is 5.75 Å². The second kappa shape index (κ2) is 5.24. The number of hydrogen-bond acceptors (Lipinski definition) is 5. The van der Waals surface area contributed by atoms with Crippen LogP contribution in [0.3, 0.4) is 0 Å². The lowest BCUT2D eigenvalue weighted by Crippen LogP contribution is -2.01. The number of nitrogens with zero attached hydrogens (tertiary/aromatic N) is 1. The summed E-state index contributed by atoms with van der Waals surface area (Å²) in [4.78, 5) is 15.6. The molecule has 0 radical (unpaired) electrons. The molecule has 0 aliphatic rings. The van der Waals surface area contributed by atoms with Crippen molar-refractivity contribution in [2.75, 3.05) is 5.32 Å². The number of aromatic hydroxyl groups is 1. The largest absolute Gasteiger partial charge is 0.508 e. The van der Waals surface area contributed by atoms with Crippen molar-refractivity contribution in [3.8, 4) is 5.75 Å². The lowest BCUT2D eigenvalue weighted by molar-refractivity contribution is 0.0696. The van der Waals surface area contributed by atoms with E-state index in [1.807, 2.05) is 0 Å². The number of rotatable bonds is 4. The van der Waals surface area contributed by atoms with Crippen molar-refractivity contribution < 1.29 is 15.0 Å². The molecule has 0 unspecified atom stereocenters. The maximum Gasteiger partial charge on any atom is 0.335 e. The molecule has 0 saturated heterocycles. The van der Waals surface area contributed by atoms with Crippen molar-refractivity contribution in [2.45, 2.75) is 6.54 Å². The van der Waals surface area contributed by atoms with Crippen LogP contribution in [0.2, 0.25) is 4.47 Å². The lowest BCUT2D eigenvalue weighted by Gasteiger charge is -2.06. The van der Waals surface area contributed by atoms with E-state index in [0.717, 1.165) is 4.88 Å². The maximum atomic E-state index is 10.8. The van der Waals surface area contributed by atoms with Crippen molar-refractivity contribution in [1.29, 1.82) is 0 Å². The zero-order valence-electron chi connectivity index (χ0n) is 9.05. The van der Waals surface area contributed by atoms with Crippen LogP contribution in [-0.2, 0) is 6.54 Å². The number of carbonyl (C=O) groups is 1. The first-order valence-corrected chi connectivity index (χ1v) is 6.15. The minimum absolute atomic E-state index is 0.0276. The van der Waals surface area contributed by atoms with Gasteiger partial charge in [0, 0.05) is 22.8 Å². The predicted molar refractivity (Wildman–Crippen MR) is 69.5 cm³/mol. The van der Waals surface area contributed by atoms with Gasteiger partial charge in [-0.15, -0.1) is 11.3 Å². The van der Waals surface area contributed by atoms with Gasteiger partial charge >= 0.3 is 5.97 Å². The number of phenolic OH excluding ortho intramolecular Hbond substituents is 1. The van der Waals surface area contributed by atoms with E-state index in [9.17, 15) is 9.90 Å². The first-order chi connectivity index (χ1) is 8.54. The normalized spacial score (nSPS) is 10.3. The van der Waals surface area contributed by atoms with Crippen LogP contribution in [0.1, 0.15) is 15.2 Å². The summed E-state index contributed by atoms with van der Waals surface area (Å²) < 4.78 is 0.453. The van der Waals surface area contributed by atoms with Crippen molar-refractivity contribution in [3.05, 3.63) is 39.3 Å². The minimum Gasteiger partial charge on any atom is -0.508 e. The van der Waals surface area contributed by atoms with E-state index in [0.29, 0.717) is 16.7 Å². The molecule has 3 N–H and O–H groups in total. The molecular formula is C11H9ClN2O3S. The van der Waals surface area contributed by atoms with Gasteiger partial charge < -0.3 is 15.5 Å². The van der Waals surface area contributed by atoms with Crippen molar-refractivity contribution in [2.24, 2.45) is 0 Å². The Labute approximate surface area is 112 Å². The highest BCUT2D eigenvalue weighted by atomic mass is 35.5. The Kier molecular flexibility index (Phi) is 3.69. The summed E-state index contributed by atoms with van der Waals surface area (Å²) in [5.74, 6) is -1.19. The van der Waals surface area contributed by atoms with Crippen LogP contribution in [-0.4, -0.2) is 21.2 Å². The van der Waals surface area contributed by atoms with E-state index in [-0.39, 0.29) is 11.3 Å². The predicted octanol–water partition coefficient (Wildman–Crippen LogP) is 2.81. The number of aromatic carboxylic acids is 1. The van der Waals surface area contributed by atoms with Crippen LogP contribution in [0, 0.1) is 0 Å². The fourth-order valence-electron chi connectivity index (χ4n) is 1.39. The number of thiazole rings is 1. The Hall–Kier alpha value is -1.79. The van der Waals surface area contributed by atoms with E-state index in [1.54, 1.807) is 6.20 Å². The summed E-state index contributed by atoms with van der Waals surface area (Å²) in [6, 6.07) is 4.09. The molecule has 5 nitrogen and oxygen atoms in total. The van der Waals surface area contributed by atoms with Gasteiger partial charge in [0.25, 0.3) is 0 Å². The molecule has 1 aromatic heterocycles. The summed E-state index contributed by atoms with van der Waals surface area (Å²) >= 11 is 7.03. The minimum atomic E-state index is -1.09. The zero-order valence-corrected chi connectivity index (χ0v) is 10.6. The number of hydrogen-bond donors (Lipinski definition) is 3. The van der Waals surface area contributed by atoms with E-state index >= 15 is 0 Å². The topological polar surface area (TPSA) is 82.5 Å². The van der Waals surface area contributed by atoms with E-state index in [4.69, 9.17) is 16.7 Å². The quantitative estimate of drug-likeness (QED) is 0.804. The van der Waals surface area contributed by atoms with Gasteiger partial charge in [0.2, 0.25) is 0 Å². The number of aromatic nitrogens is 1. The second-order valence-electron chi connectivity index (χ2n) is 3.51. The first-order valence-electron chi connectivity index (χ1n) is 4.96. The van der Waals surface area contributed by atoms with Gasteiger partial charge in [-0.25, -0.2) is 9.78 Å². The smallest absolute Gasteiger partial charge is 0.335 e. The zero-order chi connectivity index (χ0) is 13.1. The third kappa shape index (κ3) is 3.12. The summed E-state index contributed by atoms with van der Waals surface area (Å²) in [6.45, 7) is 0.465. The van der Waals surface area contributed by atoms with Crippen LogP contribution < -0.4 is 5.32 Å². The van der Waals surface area contributed by atoms with Gasteiger partial charge in [-0.3, -0.25) is 0 Å². The molecule has 0 spiro atoms. The highest BCUT2D eigenvalue weighted by Gasteiger charge is 2.07. The molecule has 2 rings (SSSR count). The Morgan fingerprint density at radius 2 is 2.22 bits per heavy atom. The Bertz CT molecular complexity index is 585. The molecule has 0 amide bonds. The summed E-state index contributed by atoms with van der Waals surface area (Å²) in [7, 11) is 0. The van der Waals surface area contributed by atoms with Crippen LogP contribution in [0.4, 0.5) is 5.69 Å². The molecule has 94 valence electrons. The number of benzene rings is 1.